The molecule has 1 aromatic rings. The largest absolute Gasteiger partial charge is 0.327 e. The van der Waals surface area contributed by atoms with Crippen LogP contribution in [0, 0.1) is 18.8 Å². The van der Waals surface area contributed by atoms with Crippen LogP contribution in [0.1, 0.15) is 44.2 Å². The SMILES string of the molecule is Cc1cccc(CN2CCCC(CC(N)C(C)C)C2)c1. The predicted molar refractivity (Wildman–Crippen MR) is 86.6 cm³/mol. The standard InChI is InChI=1S/C18H30N2/c1-14(2)18(19)11-17-8-5-9-20(13-17)12-16-7-4-6-15(3)10-16/h4,6-7,10,14,17-18H,5,8-9,11-13,19H2,1-3H3. The fourth-order valence-corrected chi connectivity index (χ4v) is 3.21. The van der Waals surface area contributed by atoms with Gasteiger partial charge in [-0.25, -0.2) is 0 Å². The minimum atomic E-state index is 0.360. The van der Waals surface area contributed by atoms with E-state index in [1.807, 2.05) is 0 Å². The second-order valence-electron chi connectivity index (χ2n) is 6.88. The molecule has 1 aliphatic heterocycles. The first-order valence-electron chi connectivity index (χ1n) is 8.08. The van der Waals surface area contributed by atoms with E-state index in [9.17, 15) is 0 Å². The number of rotatable bonds is 5. The summed E-state index contributed by atoms with van der Waals surface area (Å²) in [4.78, 5) is 2.61. The summed E-state index contributed by atoms with van der Waals surface area (Å²) in [5, 5.41) is 0. The van der Waals surface area contributed by atoms with Crippen molar-refractivity contribution in [2.45, 2.75) is 52.6 Å². The molecular formula is C18H30N2. The molecule has 112 valence electrons. The first kappa shape index (κ1) is 15.5. The number of benzene rings is 1. The van der Waals surface area contributed by atoms with Crippen LogP contribution in [0.25, 0.3) is 0 Å². The Morgan fingerprint density at radius 3 is 2.85 bits per heavy atom. The van der Waals surface area contributed by atoms with Crippen LogP contribution in [0.4, 0.5) is 0 Å². The smallest absolute Gasteiger partial charge is 0.0233 e. The molecule has 2 nitrogen and oxygen atoms in total. The highest BCUT2D eigenvalue weighted by molar-refractivity contribution is 5.22. The minimum Gasteiger partial charge on any atom is -0.327 e. The first-order valence-corrected chi connectivity index (χ1v) is 8.08. The van der Waals surface area contributed by atoms with E-state index in [1.165, 1.54) is 43.5 Å². The van der Waals surface area contributed by atoms with Crippen LogP contribution in [0.5, 0.6) is 0 Å². The van der Waals surface area contributed by atoms with Crippen molar-refractivity contribution in [3.05, 3.63) is 35.4 Å². The van der Waals surface area contributed by atoms with Crippen LogP contribution in [-0.2, 0) is 6.54 Å². The molecule has 0 amide bonds. The maximum absolute atomic E-state index is 6.25. The van der Waals surface area contributed by atoms with E-state index >= 15 is 0 Å². The molecule has 1 fully saturated rings. The molecule has 1 aromatic carbocycles. The van der Waals surface area contributed by atoms with E-state index in [4.69, 9.17) is 5.73 Å². The average molecular weight is 274 g/mol. The second-order valence-corrected chi connectivity index (χ2v) is 6.88. The van der Waals surface area contributed by atoms with Crippen molar-refractivity contribution in [3.63, 3.8) is 0 Å². The van der Waals surface area contributed by atoms with Gasteiger partial charge in [0.25, 0.3) is 0 Å². The fraction of sp³-hybridized carbons (Fsp3) is 0.667. The molecule has 1 aliphatic rings. The number of hydrogen-bond acceptors (Lipinski definition) is 2. The predicted octanol–water partition coefficient (Wildman–Crippen LogP) is 3.58. The highest BCUT2D eigenvalue weighted by atomic mass is 15.1. The Hall–Kier alpha value is -0.860. The normalized spacial score (nSPS) is 22.1. The third-order valence-electron chi connectivity index (χ3n) is 4.55. The van der Waals surface area contributed by atoms with E-state index in [0.717, 1.165) is 12.5 Å². The molecule has 2 N–H and O–H groups in total. The van der Waals surface area contributed by atoms with Gasteiger partial charge < -0.3 is 5.73 Å². The van der Waals surface area contributed by atoms with E-state index in [0.29, 0.717) is 12.0 Å². The van der Waals surface area contributed by atoms with Gasteiger partial charge in [0.1, 0.15) is 0 Å². The Balaban J connectivity index is 1.87. The summed E-state index contributed by atoms with van der Waals surface area (Å²) in [6.45, 7) is 10.2. The quantitative estimate of drug-likeness (QED) is 0.889. The molecule has 1 saturated heterocycles. The molecule has 0 radical (unpaired) electrons. The summed E-state index contributed by atoms with van der Waals surface area (Å²) in [6.07, 6.45) is 3.86. The molecule has 0 aromatic heterocycles. The number of hydrogen-bond donors (Lipinski definition) is 1. The highest BCUT2D eigenvalue weighted by Gasteiger charge is 2.22. The molecule has 2 heteroatoms. The monoisotopic (exact) mass is 274 g/mol. The summed E-state index contributed by atoms with van der Waals surface area (Å²) in [5.41, 5.74) is 9.05. The van der Waals surface area contributed by atoms with Crippen LogP contribution in [0.2, 0.25) is 0 Å². The molecule has 20 heavy (non-hydrogen) atoms. The minimum absolute atomic E-state index is 0.360. The topological polar surface area (TPSA) is 29.3 Å². The highest BCUT2D eigenvalue weighted by Crippen LogP contribution is 2.23. The van der Waals surface area contributed by atoms with Crippen LogP contribution >= 0.6 is 0 Å². The third-order valence-corrected chi connectivity index (χ3v) is 4.55. The van der Waals surface area contributed by atoms with Crippen LogP contribution in [0.3, 0.4) is 0 Å². The van der Waals surface area contributed by atoms with Crippen molar-refractivity contribution in [2.75, 3.05) is 13.1 Å². The summed E-state index contributed by atoms with van der Waals surface area (Å²) >= 11 is 0. The molecule has 2 unspecified atom stereocenters. The van der Waals surface area contributed by atoms with Gasteiger partial charge in [0, 0.05) is 19.1 Å². The van der Waals surface area contributed by atoms with Gasteiger partial charge in [-0.1, -0.05) is 43.7 Å². The lowest BCUT2D eigenvalue weighted by Crippen LogP contribution is -2.38. The second kappa shape index (κ2) is 7.24. The number of likely N-dealkylation sites (tertiary alicyclic amines) is 1. The van der Waals surface area contributed by atoms with Crippen molar-refractivity contribution < 1.29 is 0 Å². The van der Waals surface area contributed by atoms with E-state index in [2.05, 4.69) is 49.9 Å². The zero-order valence-corrected chi connectivity index (χ0v) is 13.3. The van der Waals surface area contributed by atoms with Crippen LogP contribution in [-0.4, -0.2) is 24.0 Å². The molecule has 1 heterocycles. The lowest BCUT2D eigenvalue weighted by molar-refractivity contribution is 0.152. The molecule has 0 saturated carbocycles. The Labute approximate surface area is 124 Å². The Morgan fingerprint density at radius 2 is 2.15 bits per heavy atom. The third kappa shape index (κ3) is 4.60. The molecule has 2 rings (SSSR count). The Kier molecular flexibility index (Phi) is 5.62. The van der Waals surface area contributed by atoms with Crippen molar-refractivity contribution in [2.24, 2.45) is 17.6 Å². The molecule has 0 spiro atoms. The van der Waals surface area contributed by atoms with Crippen molar-refractivity contribution in [3.8, 4) is 0 Å². The molecule has 0 bridgehead atoms. The first-order chi connectivity index (χ1) is 9.54. The van der Waals surface area contributed by atoms with Gasteiger partial charge in [0.2, 0.25) is 0 Å². The van der Waals surface area contributed by atoms with Crippen molar-refractivity contribution >= 4 is 0 Å². The summed E-state index contributed by atoms with van der Waals surface area (Å²) < 4.78 is 0. The molecule has 2 atom stereocenters. The van der Waals surface area contributed by atoms with E-state index in [1.54, 1.807) is 0 Å². The van der Waals surface area contributed by atoms with Gasteiger partial charge in [-0.05, 0) is 50.1 Å². The summed E-state index contributed by atoms with van der Waals surface area (Å²) in [5.74, 6) is 1.38. The maximum Gasteiger partial charge on any atom is 0.0233 e. The number of piperidine rings is 1. The van der Waals surface area contributed by atoms with Gasteiger partial charge in [0.05, 0.1) is 0 Å². The zero-order chi connectivity index (χ0) is 14.5. The Morgan fingerprint density at radius 1 is 1.35 bits per heavy atom. The van der Waals surface area contributed by atoms with Crippen molar-refractivity contribution in [1.82, 2.24) is 4.90 Å². The maximum atomic E-state index is 6.25. The summed E-state index contributed by atoms with van der Waals surface area (Å²) in [7, 11) is 0. The van der Waals surface area contributed by atoms with E-state index in [-0.39, 0.29) is 0 Å². The molecule has 0 aliphatic carbocycles. The van der Waals surface area contributed by atoms with Gasteiger partial charge in [0.15, 0.2) is 0 Å². The van der Waals surface area contributed by atoms with Gasteiger partial charge >= 0.3 is 0 Å². The number of aryl methyl sites for hydroxylation is 1. The Bertz CT molecular complexity index is 414. The van der Waals surface area contributed by atoms with Crippen molar-refractivity contribution in [1.29, 1.82) is 0 Å². The summed E-state index contributed by atoms with van der Waals surface area (Å²) in [6, 6.07) is 9.25. The van der Waals surface area contributed by atoms with Gasteiger partial charge in [-0.15, -0.1) is 0 Å². The zero-order valence-electron chi connectivity index (χ0n) is 13.3. The molecular weight excluding hydrogens is 244 g/mol. The van der Waals surface area contributed by atoms with Crippen LogP contribution < -0.4 is 5.73 Å². The lowest BCUT2D eigenvalue weighted by Gasteiger charge is -2.34. The van der Waals surface area contributed by atoms with Crippen LogP contribution in [0.15, 0.2) is 24.3 Å². The average Bonchev–Trinajstić information content (AvgIpc) is 2.39. The number of nitrogens with zero attached hydrogens (tertiary/aromatic N) is 1. The van der Waals surface area contributed by atoms with Gasteiger partial charge in [-0.3, -0.25) is 4.90 Å². The number of nitrogens with two attached hydrogens (primary N) is 1. The van der Waals surface area contributed by atoms with E-state index < -0.39 is 0 Å². The fourth-order valence-electron chi connectivity index (χ4n) is 3.21. The van der Waals surface area contributed by atoms with Gasteiger partial charge in [-0.2, -0.15) is 0 Å². The lowest BCUT2D eigenvalue weighted by atomic mass is 9.87.